The number of fused-ring (bicyclic) bond motifs is 1. The maximum Gasteiger partial charge on any atom is 0.309 e. The summed E-state index contributed by atoms with van der Waals surface area (Å²) in [4.78, 5) is 0.750. The van der Waals surface area contributed by atoms with Gasteiger partial charge in [0.15, 0.2) is 0 Å². The number of thiol groups is 1. The molecular weight excluding hydrogens is 242 g/mol. The molecule has 0 bridgehead atoms. The van der Waals surface area contributed by atoms with E-state index in [1.54, 1.807) is 24.3 Å². The van der Waals surface area contributed by atoms with Crippen molar-refractivity contribution in [3.63, 3.8) is 0 Å². The van der Waals surface area contributed by atoms with E-state index in [-0.39, 0.29) is 0 Å². The first-order valence-electron chi connectivity index (χ1n) is 3.68. The minimum absolute atomic E-state index is 0.658. The molecule has 76 valence electrons. The van der Waals surface area contributed by atoms with Crippen LogP contribution in [0.2, 0.25) is 0 Å². The zero-order valence-electron chi connectivity index (χ0n) is 6.84. The van der Waals surface area contributed by atoms with Gasteiger partial charge in [-0.2, -0.15) is 8.42 Å². The van der Waals surface area contributed by atoms with E-state index in [1.807, 2.05) is 0 Å². The monoisotopic (exact) mass is 249 g/mol. The van der Waals surface area contributed by atoms with Gasteiger partial charge in [-0.3, -0.25) is 4.55 Å². The maximum absolute atomic E-state index is 11.0. The summed E-state index contributed by atoms with van der Waals surface area (Å²) in [6.07, 6.45) is 0. The van der Waals surface area contributed by atoms with Crippen LogP contribution in [0.5, 0.6) is 0 Å². The Morgan fingerprint density at radius 2 is 2.07 bits per heavy atom. The molecule has 1 atom stereocenters. The lowest BCUT2D eigenvalue weighted by Crippen LogP contribution is -2.33. The van der Waals surface area contributed by atoms with Crippen LogP contribution in [-0.4, -0.2) is 16.5 Å². The first kappa shape index (κ1) is 10.2. The molecule has 0 amide bonds. The Balaban J connectivity index is 2.45. The van der Waals surface area contributed by atoms with Crippen molar-refractivity contribution in [3.8, 4) is 0 Å². The van der Waals surface area contributed by atoms with Crippen LogP contribution in [0, 0.1) is 0 Å². The quantitative estimate of drug-likeness (QED) is 0.521. The molecule has 0 saturated heterocycles. The van der Waals surface area contributed by atoms with E-state index in [1.165, 1.54) is 0 Å². The largest absolute Gasteiger partial charge is 0.347 e. The lowest BCUT2D eigenvalue weighted by atomic mass is 10.3. The molecule has 0 radical (unpaired) electrons. The summed E-state index contributed by atoms with van der Waals surface area (Å²) in [6.45, 7) is 0. The third kappa shape index (κ3) is 1.50. The third-order valence-corrected chi connectivity index (χ3v) is 5.49. The fraction of sp³-hybridized carbons (Fsp3) is 0.143. The molecule has 0 spiro atoms. The highest BCUT2D eigenvalue weighted by Gasteiger charge is 2.45. The molecule has 14 heavy (non-hydrogen) atoms. The Labute approximate surface area is 91.2 Å². The van der Waals surface area contributed by atoms with Gasteiger partial charge < -0.3 is 5.32 Å². The van der Waals surface area contributed by atoms with E-state index in [0.717, 1.165) is 16.7 Å². The van der Waals surface area contributed by atoms with E-state index >= 15 is 0 Å². The van der Waals surface area contributed by atoms with E-state index in [4.69, 9.17) is 4.55 Å². The average molecular weight is 249 g/mol. The van der Waals surface area contributed by atoms with Gasteiger partial charge in [-0.05, 0) is 12.1 Å². The Bertz CT molecular complexity index is 446. The molecule has 1 aromatic rings. The molecule has 4 nitrogen and oxygen atoms in total. The van der Waals surface area contributed by atoms with Crippen molar-refractivity contribution in [2.45, 2.75) is 8.43 Å². The van der Waals surface area contributed by atoms with Gasteiger partial charge in [0.2, 0.25) is 0 Å². The molecule has 2 N–H and O–H groups in total. The zero-order chi connectivity index (χ0) is 10.4. The van der Waals surface area contributed by atoms with Crippen molar-refractivity contribution in [2.24, 2.45) is 0 Å². The second-order valence-electron chi connectivity index (χ2n) is 2.78. The molecule has 0 fully saturated rings. The smallest absolute Gasteiger partial charge is 0.309 e. The Morgan fingerprint density at radius 1 is 1.43 bits per heavy atom. The lowest BCUT2D eigenvalue weighted by Gasteiger charge is -2.18. The predicted octanol–water partition coefficient (Wildman–Crippen LogP) is 1.63. The average Bonchev–Trinajstić information content (AvgIpc) is 2.40. The number of benzene rings is 1. The number of hydrogen-bond acceptors (Lipinski definition) is 5. The molecule has 1 unspecified atom stereocenters. The van der Waals surface area contributed by atoms with Crippen LogP contribution in [0.3, 0.4) is 0 Å². The summed E-state index contributed by atoms with van der Waals surface area (Å²) in [5.74, 6) is 0. The molecular formula is C7H7NO3S3. The van der Waals surface area contributed by atoms with Crippen LogP contribution >= 0.6 is 24.4 Å². The number of hydrogen-bond donors (Lipinski definition) is 3. The van der Waals surface area contributed by atoms with E-state index in [9.17, 15) is 8.42 Å². The van der Waals surface area contributed by atoms with Gasteiger partial charge in [-0.1, -0.05) is 23.9 Å². The van der Waals surface area contributed by atoms with Crippen molar-refractivity contribution in [1.82, 2.24) is 0 Å². The minimum atomic E-state index is -4.25. The topological polar surface area (TPSA) is 66.4 Å². The van der Waals surface area contributed by atoms with Crippen molar-refractivity contribution in [3.05, 3.63) is 24.3 Å². The SMILES string of the molecule is O=S(=O)(O)C1(S)Nc2ccccc2S1. The predicted molar refractivity (Wildman–Crippen MR) is 59.2 cm³/mol. The zero-order valence-corrected chi connectivity index (χ0v) is 9.36. The van der Waals surface area contributed by atoms with E-state index < -0.39 is 13.7 Å². The maximum atomic E-state index is 11.0. The highest BCUT2D eigenvalue weighted by atomic mass is 32.3. The summed E-state index contributed by atoms with van der Waals surface area (Å²) in [5, 5.41) is 2.64. The lowest BCUT2D eigenvalue weighted by molar-refractivity contribution is 0.480. The van der Waals surface area contributed by atoms with Crippen LogP contribution in [0.4, 0.5) is 5.69 Å². The summed E-state index contributed by atoms with van der Waals surface area (Å²) in [5.41, 5.74) is 0.658. The summed E-state index contributed by atoms with van der Waals surface area (Å²) in [7, 11) is -4.25. The van der Waals surface area contributed by atoms with Gasteiger partial charge in [0.1, 0.15) is 0 Å². The number of thioether (sulfide) groups is 1. The first-order valence-corrected chi connectivity index (χ1v) is 6.38. The van der Waals surface area contributed by atoms with Crippen LogP contribution in [0.25, 0.3) is 0 Å². The van der Waals surface area contributed by atoms with Gasteiger partial charge in [-0.15, -0.1) is 12.6 Å². The first-order chi connectivity index (χ1) is 6.42. The van der Waals surface area contributed by atoms with Crippen LogP contribution < -0.4 is 5.32 Å². The molecule has 1 aliphatic rings. The van der Waals surface area contributed by atoms with Crippen LogP contribution in [-0.2, 0) is 10.1 Å². The summed E-state index contributed by atoms with van der Waals surface area (Å²) >= 11 is 4.88. The van der Waals surface area contributed by atoms with Gasteiger partial charge in [0.05, 0.1) is 5.69 Å². The normalized spacial score (nSPS) is 25.6. The summed E-state index contributed by atoms with van der Waals surface area (Å²) < 4.78 is 29.3. The van der Waals surface area contributed by atoms with Crippen molar-refractivity contribution < 1.29 is 13.0 Å². The number of nitrogens with one attached hydrogen (secondary N) is 1. The van der Waals surface area contributed by atoms with E-state index in [2.05, 4.69) is 17.9 Å². The highest BCUT2D eigenvalue weighted by Crippen LogP contribution is 2.49. The van der Waals surface area contributed by atoms with E-state index in [0.29, 0.717) is 5.69 Å². The van der Waals surface area contributed by atoms with Gasteiger partial charge in [0, 0.05) is 4.90 Å². The molecule has 2 rings (SSSR count). The number of para-hydroxylation sites is 1. The molecule has 0 aromatic heterocycles. The van der Waals surface area contributed by atoms with Crippen molar-refractivity contribution in [2.75, 3.05) is 5.32 Å². The highest BCUT2D eigenvalue weighted by molar-refractivity contribution is 8.25. The number of anilines is 1. The molecule has 1 aliphatic heterocycles. The van der Waals surface area contributed by atoms with Crippen molar-refractivity contribution in [1.29, 1.82) is 0 Å². The Morgan fingerprint density at radius 3 is 2.64 bits per heavy atom. The third-order valence-electron chi connectivity index (χ3n) is 1.78. The second-order valence-corrected chi connectivity index (χ2v) is 7.13. The van der Waals surface area contributed by atoms with Gasteiger partial charge >= 0.3 is 10.1 Å². The molecule has 0 saturated carbocycles. The van der Waals surface area contributed by atoms with Crippen molar-refractivity contribution >= 4 is 40.2 Å². The minimum Gasteiger partial charge on any atom is -0.347 e. The molecule has 7 heteroatoms. The molecule has 0 aliphatic carbocycles. The van der Waals surface area contributed by atoms with Crippen LogP contribution in [0.15, 0.2) is 29.2 Å². The Hall–Kier alpha value is -0.370. The fourth-order valence-electron chi connectivity index (χ4n) is 1.12. The summed E-state index contributed by atoms with van der Waals surface area (Å²) in [6, 6.07) is 7.05. The van der Waals surface area contributed by atoms with Crippen LogP contribution in [0.1, 0.15) is 0 Å². The molecule has 1 aromatic carbocycles. The Kier molecular flexibility index (Phi) is 2.22. The second kappa shape index (κ2) is 3.06. The van der Waals surface area contributed by atoms with Gasteiger partial charge in [0.25, 0.3) is 3.54 Å². The van der Waals surface area contributed by atoms with Gasteiger partial charge in [-0.25, -0.2) is 0 Å². The fourth-order valence-corrected chi connectivity index (χ4v) is 3.30. The molecule has 1 heterocycles. The number of rotatable bonds is 1. The standard InChI is InChI=1S/C7H7NO3S3/c9-14(10,11)7(12)8-5-3-1-2-4-6(5)13-7/h1-4,8,12H,(H,9,10,11).